The molecule has 0 saturated carbocycles. The van der Waals surface area contributed by atoms with E-state index in [0.717, 1.165) is 5.75 Å². The maximum absolute atomic E-state index is 5.24. The van der Waals surface area contributed by atoms with Crippen LogP contribution in [0.5, 0.6) is 5.75 Å². The minimum Gasteiger partial charge on any atom is -0.490 e. The molecule has 1 aromatic carbocycles. The van der Waals surface area contributed by atoms with Gasteiger partial charge in [0.15, 0.2) is 0 Å². The molecule has 0 radical (unpaired) electrons. The van der Waals surface area contributed by atoms with Crippen molar-refractivity contribution < 1.29 is 4.74 Å². The minimum absolute atomic E-state index is 0. The zero-order valence-corrected chi connectivity index (χ0v) is 5.79. The molecule has 11 heavy (non-hydrogen) atoms. The number of ether oxygens (including phenoxy) is 1. The van der Waals surface area contributed by atoms with Gasteiger partial charge in [0, 0.05) is 0 Å². The summed E-state index contributed by atoms with van der Waals surface area (Å²) in [5.41, 5.74) is 0. The molecule has 1 rings (SSSR count). The van der Waals surface area contributed by atoms with Gasteiger partial charge in [0.1, 0.15) is 12.4 Å². The molecule has 0 N–H and O–H groups in total. The molecule has 0 heterocycles. The molecule has 0 aliphatic heterocycles. The predicted octanol–water partition coefficient (Wildman–Crippen LogP) is 0.800. The summed E-state index contributed by atoms with van der Waals surface area (Å²) < 4.78 is 5.24. The number of hydrogen-bond acceptors (Lipinski definition) is 1. The molecule has 60 valence electrons. The third-order valence-electron chi connectivity index (χ3n) is 1.11. The number of para-hydroxylation sites is 1. The van der Waals surface area contributed by atoms with Crippen molar-refractivity contribution in [3.63, 3.8) is 0 Å². The van der Waals surface area contributed by atoms with Gasteiger partial charge >= 0.3 is 0 Å². The van der Waals surface area contributed by atoms with E-state index in [2.05, 4.69) is 6.58 Å². The molecule has 0 fully saturated rings. The van der Waals surface area contributed by atoms with Crippen LogP contribution in [0, 0.1) is 0 Å². The van der Waals surface area contributed by atoms with Gasteiger partial charge < -0.3 is 4.74 Å². The van der Waals surface area contributed by atoms with Gasteiger partial charge in [-0.2, -0.15) is 0 Å². The zero-order valence-electron chi connectivity index (χ0n) is 5.79. The Balaban J connectivity index is 0.000001000. The van der Waals surface area contributed by atoms with Gasteiger partial charge in [-0.25, -0.2) is 0 Å². The van der Waals surface area contributed by atoms with Crippen molar-refractivity contribution >= 4 is 11.0 Å². The molecule has 0 saturated heterocycles. The fraction of sp³-hybridized carbons (Fsp3) is 0.111. The lowest BCUT2D eigenvalue weighted by Gasteiger charge is -1.99. The lowest BCUT2D eigenvalue weighted by atomic mass is 10.3. The SMILES string of the molecule is C=CCOc1ccccc1.[SiH4]. The van der Waals surface area contributed by atoms with Crippen molar-refractivity contribution in [2.45, 2.75) is 0 Å². The first-order valence-corrected chi connectivity index (χ1v) is 3.22. The Morgan fingerprint density at radius 1 is 1.27 bits per heavy atom. The van der Waals surface area contributed by atoms with Crippen LogP contribution in [0.3, 0.4) is 0 Å². The topological polar surface area (TPSA) is 9.23 Å². The van der Waals surface area contributed by atoms with E-state index < -0.39 is 0 Å². The van der Waals surface area contributed by atoms with Crippen LogP contribution in [-0.2, 0) is 0 Å². The Morgan fingerprint density at radius 3 is 2.45 bits per heavy atom. The molecule has 1 aromatic rings. The third-order valence-corrected chi connectivity index (χ3v) is 1.11. The Morgan fingerprint density at radius 2 is 1.91 bits per heavy atom. The first-order valence-electron chi connectivity index (χ1n) is 3.22. The fourth-order valence-corrected chi connectivity index (χ4v) is 0.672. The highest BCUT2D eigenvalue weighted by Gasteiger charge is 1.84. The van der Waals surface area contributed by atoms with Gasteiger partial charge in [-0.05, 0) is 23.1 Å². The summed E-state index contributed by atoms with van der Waals surface area (Å²) in [6, 6.07) is 9.69. The second-order valence-corrected chi connectivity index (χ2v) is 1.91. The van der Waals surface area contributed by atoms with Crippen molar-refractivity contribution in [1.29, 1.82) is 0 Å². The molecule has 2 heteroatoms. The van der Waals surface area contributed by atoms with E-state index in [0.29, 0.717) is 6.61 Å². The normalized spacial score (nSPS) is 8.00. The Labute approximate surface area is 71.7 Å². The van der Waals surface area contributed by atoms with E-state index in [-0.39, 0.29) is 11.0 Å². The van der Waals surface area contributed by atoms with Crippen molar-refractivity contribution in [1.82, 2.24) is 0 Å². The van der Waals surface area contributed by atoms with Gasteiger partial charge in [0.25, 0.3) is 0 Å². The van der Waals surface area contributed by atoms with Crippen molar-refractivity contribution in [2.75, 3.05) is 6.61 Å². The first kappa shape index (κ1) is 9.98. The molecule has 0 bridgehead atoms. The molecule has 0 unspecified atom stereocenters. The average molecular weight is 166 g/mol. The van der Waals surface area contributed by atoms with Crippen LogP contribution >= 0.6 is 0 Å². The molecule has 0 amide bonds. The van der Waals surface area contributed by atoms with Gasteiger partial charge in [0.05, 0.1) is 0 Å². The number of rotatable bonds is 3. The van der Waals surface area contributed by atoms with Crippen molar-refractivity contribution in [3.05, 3.63) is 43.0 Å². The van der Waals surface area contributed by atoms with Gasteiger partial charge in [-0.3, -0.25) is 0 Å². The Kier molecular flexibility index (Phi) is 5.20. The quantitative estimate of drug-likeness (QED) is 0.477. The fourth-order valence-electron chi connectivity index (χ4n) is 0.672. The molecular weight excluding hydrogens is 152 g/mol. The van der Waals surface area contributed by atoms with E-state index in [1.165, 1.54) is 0 Å². The Hall–Kier alpha value is -1.02. The smallest absolute Gasteiger partial charge is 0.119 e. The lowest BCUT2D eigenvalue weighted by Crippen LogP contribution is -1.91. The van der Waals surface area contributed by atoms with E-state index in [1.807, 2.05) is 30.3 Å². The molecule has 0 aromatic heterocycles. The summed E-state index contributed by atoms with van der Waals surface area (Å²) in [5.74, 6) is 0.891. The standard InChI is InChI=1S/C9H10O.H4Si/c1-2-8-10-9-6-4-3-5-7-9;/h2-7H,1,8H2;1H4. The maximum atomic E-state index is 5.24. The van der Waals surface area contributed by atoms with Crippen molar-refractivity contribution in [3.8, 4) is 5.75 Å². The number of benzene rings is 1. The highest BCUT2D eigenvalue weighted by atomic mass is 28.1. The summed E-state index contributed by atoms with van der Waals surface area (Å²) in [6.07, 6.45) is 1.73. The average Bonchev–Trinajstić information content (AvgIpc) is 2.03. The molecule has 1 nitrogen and oxygen atoms in total. The highest BCUT2D eigenvalue weighted by molar-refractivity contribution is 5.75. The van der Waals surface area contributed by atoms with E-state index in [4.69, 9.17) is 4.74 Å². The molecular formula is C9H14OSi. The van der Waals surface area contributed by atoms with Gasteiger partial charge in [-0.15, -0.1) is 0 Å². The van der Waals surface area contributed by atoms with Gasteiger partial charge in [0.2, 0.25) is 0 Å². The van der Waals surface area contributed by atoms with E-state index in [1.54, 1.807) is 6.08 Å². The second-order valence-electron chi connectivity index (χ2n) is 1.91. The monoisotopic (exact) mass is 166 g/mol. The lowest BCUT2D eigenvalue weighted by molar-refractivity contribution is 0.363. The zero-order chi connectivity index (χ0) is 7.23. The van der Waals surface area contributed by atoms with Crippen LogP contribution in [0.4, 0.5) is 0 Å². The predicted molar refractivity (Wildman–Crippen MR) is 53.5 cm³/mol. The maximum Gasteiger partial charge on any atom is 0.119 e. The highest BCUT2D eigenvalue weighted by Crippen LogP contribution is 2.07. The van der Waals surface area contributed by atoms with Crippen LogP contribution in [0.25, 0.3) is 0 Å². The van der Waals surface area contributed by atoms with Crippen molar-refractivity contribution in [2.24, 2.45) is 0 Å². The number of hydrogen-bond donors (Lipinski definition) is 0. The molecule has 0 spiro atoms. The summed E-state index contributed by atoms with van der Waals surface area (Å²) in [5, 5.41) is 0. The molecule has 0 aliphatic carbocycles. The van der Waals surface area contributed by atoms with Crippen LogP contribution < -0.4 is 4.74 Å². The largest absolute Gasteiger partial charge is 0.490 e. The molecule has 0 atom stereocenters. The summed E-state index contributed by atoms with van der Waals surface area (Å²) >= 11 is 0. The van der Waals surface area contributed by atoms with Crippen LogP contribution in [-0.4, -0.2) is 17.6 Å². The first-order chi connectivity index (χ1) is 4.93. The minimum atomic E-state index is 0. The van der Waals surface area contributed by atoms with Crippen LogP contribution in [0.1, 0.15) is 0 Å². The van der Waals surface area contributed by atoms with Crippen LogP contribution in [0.2, 0.25) is 0 Å². The van der Waals surface area contributed by atoms with Crippen LogP contribution in [0.15, 0.2) is 43.0 Å². The summed E-state index contributed by atoms with van der Waals surface area (Å²) in [6.45, 7) is 4.12. The van der Waals surface area contributed by atoms with E-state index in [9.17, 15) is 0 Å². The summed E-state index contributed by atoms with van der Waals surface area (Å²) in [4.78, 5) is 0. The van der Waals surface area contributed by atoms with Gasteiger partial charge in [-0.1, -0.05) is 30.9 Å². The molecule has 0 aliphatic rings. The van der Waals surface area contributed by atoms with E-state index >= 15 is 0 Å². The second kappa shape index (κ2) is 5.74. The summed E-state index contributed by atoms with van der Waals surface area (Å²) in [7, 11) is 0. The Bertz CT molecular complexity index is 196. The third kappa shape index (κ3) is 3.63.